The Morgan fingerprint density at radius 3 is 1.03 bits per heavy atom. The summed E-state index contributed by atoms with van der Waals surface area (Å²) in [7, 11) is 0. The van der Waals surface area contributed by atoms with E-state index in [1.807, 2.05) is 0 Å². The van der Waals surface area contributed by atoms with Crippen LogP contribution in [0.2, 0.25) is 0 Å². The number of rotatable bonds is 28. The topological polar surface area (TPSA) is 29.1 Å². The SMILES string of the molecule is CCCCCCCCCCCCCCCC([O])OCCCCCCCCCCCCCC. The molecule has 193 valence electrons. The summed E-state index contributed by atoms with van der Waals surface area (Å²) < 4.78 is 5.49. The van der Waals surface area contributed by atoms with Crippen LogP contribution >= 0.6 is 0 Å². The number of hydrogen-bond acceptors (Lipinski definition) is 1. The van der Waals surface area contributed by atoms with Crippen LogP contribution in [0.4, 0.5) is 0 Å². The van der Waals surface area contributed by atoms with Crippen LogP contribution in [0.1, 0.15) is 181 Å². The largest absolute Gasteiger partial charge is 0.350 e. The van der Waals surface area contributed by atoms with Gasteiger partial charge in [-0.25, -0.2) is 5.11 Å². The van der Waals surface area contributed by atoms with Crippen molar-refractivity contribution in [2.24, 2.45) is 0 Å². The Kier molecular flexibility index (Phi) is 28.9. The Labute approximate surface area is 203 Å². The second-order valence-electron chi connectivity index (χ2n) is 10.2. The first-order valence-electron chi connectivity index (χ1n) is 15.1. The van der Waals surface area contributed by atoms with E-state index in [9.17, 15) is 5.11 Å². The van der Waals surface area contributed by atoms with Crippen LogP contribution in [0.15, 0.2) is 0 Å². The molecule has 0 aliphatic carbocycles. The van der Waals surface area contributed by atoms with Gasteiger partial charge in [0.2, 0.25) is 0 Å². The summed E-state index contributed by atoms with van der Waals surface area (Å²) in [5, 5.41) is 11.9. The minimum Gasteiger partial charge on any atom is -0.350 e. The van der Waals surface area contributed by atoms with Gasteiger partial charge in [0, 0.05) is 13.0 Å². The fraction of sp³-hybridized carbons (Fsp3) is 1.00. The zero-order chi connectivity index (χ0) is 23.4. The minimum absolute atomic E-state index is 0.671. The first-order valence-corrected chi connectivity index (χ1v) is 15.1. The highest BCUT2D eigenvalue weighted by Crippen LogP contribution is 2.15. The molecule has 0 aliphatic rings. The van der Waals surface area contributed by atoms with Gasteiger partial charge >= 0.3 is 0 Å². The van der Waals surface area contributed by atoms with Crippen LogP contribution in [0.25, 0.3) is 0 Å². The van der Waals surface area contributed by atoms with Crippen molar-refractivity contribution in [2.45, 2.75) is 187 Å². The van der Waals surface area contributed by atoms with Crippen molar-refractivity contribution in [1.82, 2.24) is 0 Å². The third-order valence-electron chi connectivity index (χ3n) is 6.85. The standard InChI is InChI=1S/C30H61O2/c1-3-5-7-9-11-13-15-17-18-20-22-24-26-28-30(31)32-29-27-25-23-21-19-16-14-12-10-8-6-4-2/h30H,3-29H2,1-2H3. The van der Waals surface area contributed by atoms with E-state index in [-0.39, 0.29) is 0 Å². The van der Waals surface area contributed by atoms with Gasteiger partial charge in [0.15, 0.2) is 6.29 Å². The fourth-order valence-electron chi connectivity index (χ4n) is 4.57. The van der Waals surface area contributed by atoms with Gasteiger partial charge in [-0.3, -0.25) is 0 Å². The zero-order valence-electron chi connectivity index (χ0n) is 22.5. The smallest absolute Gasteiger partial charge is 0.191 e. The zero-order valence-corrected chi connectivity index (χ0v) is 22.5. The number of unbranched alkanes of at least 4 members (excludes halogenated alkanes) is 23. The average molecular weight is 454 g/mol. The highest BCUT2D eigenvalue weighted by Gasteiger charge is 2.05. The van der Waals surface area contributed by atoms with E-state index in [4.69, 9.17) is 4.74 Å². The molecule has 0 fully saturated rings. The molecule has 0 heterocycles. The molecule has 1 atom stereocenters. The Hall–Kier alpha value is -0.0800. The lowest BCUT2D eigenvalue weighted by Crippen LogP contribution is -2.11. The second-order valence-corrected chi connectivity index (χ2v) is 10.2. The quantitative estimate of drug-likeness (QED) is 0.0855. The van der Waals surface area contributed by atoms with Gasteiger partial charge < -0.3 is 4.74 Å². The lowest BCUT2D eigenvalue weighted by molar-refractivity contribution is -0.144. The fourth-order valence-corrected chi connectivity index (χ4v) is 4.57. The summed E-state index contributed by atoms with van der Waals surface area (Å²) in [5.41, 5.74) is 0. The number of hydrogen-bond donors (Lipinski definition) is 0. The van der Waals surface area contributed by atoms with E-state index in [0.29, 0.717) is 13.0 Å². The summed E-state index contributed by atoms with van der Waals surface area (Å²) in [6.07, 6.45) is 33.7. The third-order valence-corrected chi connectivity index (χ3v) is 6.85. The molecular weight excluding hydrogens is 392 g/mol. The van der Waals surface area contributed by atoms with Crippen LogP contribution in [-0.2, 0) is 9.84 Å². The third kappa shape index (κ3) is 28.0. The minimum atomic E-state index is -0.782. The highest BCUT2D eigenvalue weighted by atomic mass is 16.6. The van der Waals surface area contributed by atoms with Crippen molar-refractivity contribution in [2.75, 3.05) is 6.61 Å². The van der Waals surface area contributed by atoms with E-state index >= 15 is 0 Å². The van der Waals surface area contributed by atoms with E-state index in [0.717, 1.165) is 12.8 Å². The van der Waals surface area contributed by atoms with Gasteiger partial charge in [-0.2, -0.15) is 0 Å². The molecule has 0 aromatic heterocycles. The van der Waals surface area contributed by atoms with Crippen LogP contribution in [0, 0.1) is 0 Å². The monoisotopic (exact) mass is 453 g/mol. The predicted molar refractivity (Wildman–Crippen MR) is 142 cm³/mol. The van der Waals surface area contributed by atoms with Crippen molar-refractivity contribution >= 4 is 0 Å². The molecule has 2 heteroatoms. The summed E-state index contributed by atoms with van der Waals surface area (Å²) in [4.78, 5) is 0. The molecule has 0 aromatic carbocycles. The molecule has 0 spiro atoms. The van der Waals surface area contributed by atoms with Crippen molar-refractivity contribution in [3.8, 4) is 0 Å². The lowest BCUT2D eigenvalue weighted by Gasteiger charge is -2.10. The van der Waals surface area contributed by atoms with Gasteiger partial charge in [0.05, 0.1) is 0 Å². The molecule has 32 heavy (non-hydrogen) atoms. The molecule has 0 aromatic rings. The van der Waals surface area contributed by atoms with E-state index < -0.39 is 6.29 Å². The molecule has 1 radical (unpaired) electrons. The molecule has 0 N–H and O–H groups in total. The van der Waals surface area contributed by atoms with Crippen molar-refractivity contribution in [3.63, 3.8) is 0 Å². The Balaban J connectivity index is 3.13. The second kappa shape index (κ2) is 29.0. The predicted octanol–water partition coefficient (Wildman–Crippen LogP) is 10.9. The van der Waals surface area contributed by atoms with Crippen LogP contribution in [-0.4, -0.2) is 12.9 Å². The van der Waals surface area contributed by atoms with Gasteiger partial charge in [-0.15, -0.1) is 0 Å². The Bertz CT molecular complexity index is 288. The van der Waals surface area contributed by atoms with Crippen LogP contribution in [0.5, 0.6) is 0 Å². The molecule has 0 amide bonds. The lowest BCUT2D eigenvalue weighted by atomic mass is 10.0. The van der Waals surface area contributed by atoms with E-state index in [1.54, 1.807) is 0 Å². The van der Waals surface area contributed by atoms with Crippen LogP contribution < -0.4 is 0 Å². The summed E-state index contributed by atoms with van der Waals surface area (Å²) in [6.45, 7) is 5.23. The van der Waals surface area contributed by atoms with Crippen molar-refractivity contribution in [1.29, 1.82) is 0 Å². The van der Waals surface area contributed by atoms with Gasteiger partial charge in [-0.1, -0.05) is 162 Å². The van der Waals surface area contributed by atoms with E-state index in [2.05, 4.69) is 13.8 Å². The maximum atomic E-state index is 11.9. The van der Waals surface area contributed by atoms with Crippen molar-refractivity contribution < 1.29 is 9.84 Å². The summed E-state index contributed by atoms with van der Waals surface area (Å²) in [5.74, 6) is 0. The van der Waals surface area contributed by atoms with E-state index in [1.165, 1.54) is 148 Å². The normalized spacial score (nSPS) is 12.5. The molecule has 0 saturated carbocycles. The number of ether oxygens (including phenoxy) is 1. The molecular formula is C30H61O2. The summed E-state index contributed by atoms with van der Waals surface area (Å²) >= 11 is 0. The molecule has 2 nitrogen and oxygen atoms in total. The summed E-state index contributed by atoms with van der Waals surface area (Å²) in [6, 6.07) is 0. The molecule has 0 aliphatic heterocycles. The molecule has 0 saturated heterocycles. The highest BCUT2D eigenvalue weighted by molar-refractivity contribution is 4.51. The maximum Gasteiger partial charge on any atom is 0.191 e. The first kappa shape index (κ1) is 31.9. The first-order chi connectivity index (χ1) is 15.8. The molecule has 0 rings (SSSR count). The van der Waals surface area contributed by atoms with Crippen LogP contribution in [0.3, 0.4) is 0 Å². The maximum absolute atomic E-state index is 11.9. The Morgan fingerprint density at radius 2 is 0.688 bits per heavy atom. The van der Waals surface area contributed by atoms with Gasteiger partial charge in [-0.05, 0) is 12.8 Å². The van der Waals surface area contributed by atoms with Crippen molar-refractivity contribution in [3.05, 3.63) is 0 Å². The Morgan fingerprint density at radius 1 is 0.406 bits per heavy atom. The molecule has 1 unspecified atom stereocenters. The molecule has 0 bridgehead atoms. The van der Waals surface area contributed by atoms with Gasteiger partial charge in [0.1, 0.15) is 0 Å². The average Bonchev–Trinajstić information content (AvgIpc) is 2.80. The van der Waals surface area contributed by atoms with Gasteiger partial charge in [0.25, 0.3) is 0 Å².